The number of hydrogen-bond acceptors (Lipinski definition) is 0. The first-order valence-corrected chi connectivity index (χ1v) is 18.5. The topological polar surface area (TPSA) is 9.86 Å². The average molecular weight is 665 g/mol. The van der Waals surface area contributed by atoms with E-state index in [-0.39, 0.29) is 6.04 Å². The number of nitrogens with zero attached hydrogens (tertiary/aromatic N) is 2. The summed E-state index contributed by atoms with van der Waals surface area (Å²) in [5.41, 5.74) is 11.5. The molecule has 0 spiro atoms. The van der Waals surface area contributed by atoms with Gasteiger partial charge in [-0.25, -0.2) is 0 Å². The van der Waals surface area contributed by atoms with Crippen molar-refractivity contribution >= 4 is 72.1 Å². The first-order chi connectivity index (χ1) is 25.8. The Kier molecular flexibility index (Phi) is 6.54. The Balaban J connectivity index is 1.04. The van der Waals surface area contributed by atoms with Gasteiger partial charge in [0.2, 0.25) is 0 Å². The van der Waals surface area contributed by atoms with Crippen LogP contribution < -0.4 is 10.4 Å². The van der Waals surface area contributed by atoms with Gasteiger partial charge in [-0.15, -0.1) is 0 Å². The van der Waals surface area contributed by atoms with E-state index in [1.54, 1.807) is 0 Å². The third-order valence-corrected chi connectivity index (χ3v) is 11.5. The number of allylic oxidation sites excluding steroid dienone is 4. The summed E-state index contributed by atoms with van der Waals surface area (Å²) >= 11 is 0. The molecule has 0 fully saturated rings. The van der Waals surface area contributed by atoms with Crippen LogP contribution in [0.25, 0.3) is 88.9 Å². The molecule has 0 amide bonds. The molecule has 2 aromatic heterocycles. The SMILES string of the molecule is C1=CC(n2c3ccccc3c3ccccc32)CC=C1c1c2c(c(-c3ccc(-n4c5ccccc5c5ccccc54)cc3)c3ccccc13)=CCCC=2. The molecule has 0 aliphatic heterocycles. The molecule has 2 aliphatic carbocycles. The molecular weight excluding hydrogens is 629 g/mol. The molecule has 0 N–H and O–H groups in total. The highest BCUT2D eigenvalue weighted by Gasteiger charge is 2.21. The van der Waals surface area contributed by atoms with Crippen LogP contribution >= 0.6 is 0 Å². The molecule has 2 aliphatic rings. The van der Waals surface area contributed by atoms with E-state index >= 15 is 0 Å². The van der Waals surface area contributed by atoms with Crippen LogP contribution in [-0.2, 0) is 0 Å². The molecule has 0 radical (unpaired) electrons. The van der Waals surface area contributed by atoms with E-state index < -0.39 is 0 Å². The van der Waals surface area contributed by atoms with E-state index in [4.69, 9.17) is 0 Å². The van der Waals surface area contributed by atoms with Crippen molar-refractivity contribution in [3.05, 3.63) is 180 Å². The Labute approximate surface area is 302 Å². The maximum absolute atomic E-state index is 2.54. The van der Waals surface area contributed by atoms with Crippen molar-refractivity contribution in [1.29, 1.82) is 0 Å². The maximum atomic E-state index is 2.54. The summed E-state index contributed by atoms with van der Waals surface area (Å²) in [7, 11) is 0. The van der Waals surface area contributed by atoms with Gasteiger partial charge in [-0.2, -0.15) is 0 Å². The van der Waals surface area contributed by atoms with E-state index in [9.17, 15) is 0 Å². The Bertz CT molecular complexity index is 2990. The second kappa shape index (κ2) is 11.6. The lowest BCUT2D eigenvalue weighted by Crippen LogP contribution is -2.33. The van der Waals surface area contributed by atoms with Gasteiger partial charge >= 0.3 is 0 Å². The summed E-state index contributed by atoms with van der Waals surface area (Å²) in [5.74, 6) is 0. The van der Waals surface area contributed by atoms with Crippen LogP contribution in [0, 0.1) is 0 Å². The minimum Gasteiger partial charge on any atom is -0.333 e. The molecule has 52 heavy (non-hydrogen) atoms. The van der Waals surface area contributed by atoms with Crippen LogP contribution in [0.1, 0.15) is 30.9 Å². The molecule has 9 aromatic rings. The molecule has 0 saturated carbocycles. The molecule has 0 bridgehead atoms. The number of rotatable bonds is 4. The first kappa shape index (κ1) is 29.4. The minimum absolute atomic E-state index is 0.263. The van der Waals surface area contributed by atoms with Crippen LogP contribution in [0.2, 0.25) is 0 Å². The molecule has 0 saturated heterocycles. The fourth-order valence-electron chi connectivity index (χ4n) is 9.25. The summed E-state index contributed by atoms with van der Waals surface area (Å²) < 4.78 is 4.94. The molecule has 1 atom stereocenters. The molecule has 11 rings (SSSR count). The summed E-state index contributed by atoms with van der Waals surface area (Å²) in [6.45, 7) is 0. The van der Waals surface area contributed by atoms with Crippen LogP contribution in [0.15, 0.2) is 164 Å². The normalized spacial score (nSPS) is 15.6. The number of aromatic nitrogens is 2. The van der Waals surface area contributed by atoms with Crippen molar-refractivity contribution in [3.63, 3.8) is 0 Å². The van der Waals surface area contributed by atoms with E-state index in [0.717, 1.165) is 19.3 Å². The minimum atomic E-state index is 0.263. The van der Waals surface area contributed by atoms with E-state index in [0.29, 0.717) is 0 Å². The second-order valence-electron chi connectivity index (χ2n) is 14.3. The van der Waals surface area contributed by atoms with Crippen LogP contribution in [0.3, 0.4) is 0 Å². The third-order valence-electron chi connectivity index (χ3n) is 11.5. The van der Waals surface area contributed by atoms with Gasteiger partial charge in [-0.1, -0.05) is 140 Å². The average Bonchev–Trinajstić information content (AvgIpc) is 3.73. The zero-order valence-electron chi connectivity index (χ0n) is 28.8. The molecule has 246 valence electrons. The third kappa shape index (κ3) is 4.31. The lowest BCUT2D eigenvalue weighted by molar-refractivity contribution is 0.649. The fourth-order valence-corrected chi connectivity index (χ4v) is 9.25. The van der Waals surface area contributed by atoms with Crippen LogP contribution in [-0.4, -0.2) is 9.13 Å². The lowest BCUT2D eigenvalue weighted by atomic mass is 9.84. The molecule has 1 unspecified atom stereocenters. The zero-order chi connectivity index (χ0) is 34.2. The summed E-state index contributed by atoms with van der Waals surface area (Å²) in [6.07, 6.45) is 15.3. The molecular formula is C50H36N2. The maximum Gasteiger partial charge on any atom is 0.0560 e. The molecule has 2 nitrogen and oxygen atoms in total. The van der Waals surface area contributed by atoms with Gasteiger partial charge < -0.3 is 9.13 Å². The zero-order valence-corrected chi connectivity index (χ0v) is 28.8. The lowest BCUT2D eigenvalue weighted by Gasteiger charge is -2.23. The highest BCUT2D eigenvalue weighted by Crippen LogP contribution is 2.38. The van der Waals surface area contributed by atoms with E-state index in [2.05, 4.69) is 185 Å². The predicted molar refractivity (Wildman–Crippen MR) is 221 cm³/mol. The molecule has 2 heteroatoms. The quantitative estimate of drug-likeness (QED) is 0.177. The number of fused-ring (bicyclic) bond motifs is 8. The highest BCUT2D eigenvalue weighted by atomic mass is 15.0. The predicted octanol–water partition coefficient (Wildman–Crippen LogP) is 11.7. The molecule has 7 aromatic carbocycles. The van der Waals surface area contributed by atoms with Crippen molar-refractivity contribution in [1.82, 2.24) is 9.13 Å². The van der Waals surface area contributed by atoms with Crippen LogP contribution in [0.4, 0.5) is 0 Å². The fraction of sp³-hybridized carbons (Fsp3) is 0.0800. The van der Waals surface area contributed by atoms with Gasteiger partial charge in [0.05, 0.1) is 17.1 Å². The van der Waals surface area contributed by atoms with Gasteiger partial charge in [0.1, 0.15) is 0 Å². The van der Waals surface area contributed by atoms with Gasteiger partial charge in [-0.3, -0.25) is 0 Å². The Morgan fingerprint density at radius 3 is 1.42 bits per heavy atom. The van der Waals surface area contributed by atoms with Crippen molar-refractivity contribution in [2.75, 3.05) is 0 Å². The summed E-state index contributed by atoms with van der Waals surface area (Å²) in [4.78, 5) is 0. The van der Waals surface area contributed by atoms with Crippen molar-refractivity contribution in [2.24, 2.45) is 0 Å². The Morgan fingerprint density at radius 2 is 0.885 bits per heavy atom. The molecule has 2 heterocycles. The largest absolute Gasteiger partial charge is 0.333 e. The van der Waals surface area contributed by atoms with E-state index in [1.807, 2.05) is 0 Å². The first-order valence-electron chi connectivity index (χ1n) is 18.5. The van der Waals surface area contributed by atoms with Gasteiger partial charge in [0.15, 0.2) is 0 Å². The summed E-state index contributed by atoms with van der Waals surface area (Å²) in [6, 6.07) is 53.7. The van der Waals surface area contributed by atoms with E-state index in [1.165, 1.54) is 92.8 Å². The van der Waals surface area contributed by atoms with Crippen molar-refractivity contribution < 1.29 is 0 Å². The summed E-state index contributed by atoms with van der Waals surface area (Å²) in [5, 5.41) is 10.6. The number of para-hydroxylation sites is 4. The van der Waals surface area contributed by atoms with Crippen LogP contribution in [0.5, 0.6) is 0 Å². The van der Waals surface area contributed by atoms with Gasteiger partial charge in [0.25, 0.3) is 0 Å². The highest BCUT2D eigenvalue weighted by molar-refractivity contribution is 6.10. The van der Waals surface area contributed by atoms with Crippen molar-refractivity contribution in [3.8, 4) is 16.8 Å². The number of hydrogen-bond donors (Lipinski definition) is 0. The number of benzene rings is 7. The van der Waals surface area contributed by atoms with Crippen molar-refractivity contribution in [2.45, 2.75) is 25.3 Å². The van der Waals surface area contributed by atoms with Gasteiger partial charge in [0, 0.05) is 38.3 Å². The smallest absolute Gasteiger partial charge is 0.0560 e. The Hall–Kier alpha value is -6.38. The van der Waals surface area contributed by atoms with Gasteiger partial charge in [-0.05, 0) is 99.1 Å². The second-order valence-corrected chi connectivity index (χ2v) is 14.3. The monoisotopic (exact) mass is 664 g/mol. The Morgan fingerprint density at radius 1 is 0.423 bits per heavy atom. The standard InChI is InChI=1S/C50H36N2/c1-2-18-42-41(17-1)49(33-25-29-35(30-26-33)51-45-21-9-5-13-37(45)38-14-6-10-22-46(38)51)43-19-3-4-20-44(43)50(42)34-27-31-36(32-28-34)52-47-23-11-7-15-39(47)40-16-8-12-24-48(40)52/h1-2,5-31,36H,3-4,32H2.